The second-order valence-electron chi connectivity index (χ2n) is 6.73. The van der Waals surface area contributed by atoms with Crippen LogP contribution in [0.2, 0.25) is 0 Å². The van der Waals surface area contributed by atoms with Crippen LogP contribution >= 0.6 is 11.8 Å². The summed E-state index contributed by atoms with van der Waals surface area (Å²) in [6, 6.07) is 13.5. The lowest BCUT2D eigenvalue weighted by atomic mass is 10.1. The van der Waals surface area contributed by atoms with Gasteiger partial charge in [-0.1, -0.05) is 41.6 Å². The number of nitrogens with one attached hydrogen (secondary N) is 1. The van der Waals surface area contributed by atoms with Crippen molar-refractivity contribution < 1.29 is 14.3 Å². The maximum Gasteiger partial charge on any atom is 0.237 e. The zero-order valence-corrected chi connectivity index (χ0v) is 17.3. The number of aryl methyl sites for hydroxylation is 1. The molecular weight excluding hydrogens is 388 g/mol. The molecule has 29 heavy (non-hydrogen) atoms. The van der Waals surface area contributed by atoms with E-state index in [0.29, 0.717) is 17.2 Å². The lowest BCUT2D eigenvalue weighted by Gasteiger charge is -2.13. The van der Waals surface area contributed by atoms with Crippen LogP contribution in [0.4, 0.5) is 5.69 Å². The Kier molecular flexibility index (Phi) is 5.44. The molecule has 0 radical (unpaired) electrons. The molecule has 1 aliphatic rings. The highest BCUT2D eigenvalue weighted by Gasteiger charge is 2.21. The first kappa shape index (κ1) is 19.3. The molecule has 1 atom stereocenters. The summed E-state index contributed by atoms with van der Waals surface area (Å²) in [4.78, 5) is 12.7. The Balaban J connectivity index is 1.47. The molecular formula is C21H22N4O3S. The Morgan fingerprint density at radius 3 is 2.69 bits per heavy atom. The van der Waals surface area contributed by atoms with Crippen molar-refractivity contribution in [1.29, 1.82) is 0 Å². The number of benzene rings is 2. The number of carbonyl (C=O) groups is 1. The summed E-state index contributed by atoms with van der Waals surface area (Å²) in [5.41, 5.74) is 2.87. The first-order valence-corrected chi connectivity index (χ1v) is 10.3. The van der Waals surface area contributed by atoms with Gasteiger partial charge in [0.15, 0.2) is 22.5 Å². The molecule has 1 aliphatic heterocycles. The Morgan fingerprint density at radius 2 is 1.93 bits per heavy atom. The van der Waals surface area contributed by atoms with Gasteiger partial charge in [0, 0.05) is 23.9 Å². The van der Waals surface area contributed by atoms with Gasteiger partial charge in [-0.2, -0.15) is 0 Å². The van der Waals surface area contributed by atoms with Crippen LogP contribution in [0.3, 0.4) is 0 Å². The number of nitrogens with zero attached hydrogens (tertiary/aromatic N) is 3. The number of hydrogen-bond donors (Lipinski definition) is 1. The Labute approximate surface area is 173 Å². The van der Waals surface area contributed by atoms with E-state index in [1.807, 2.05) is 30.5 Å². The van der Waals surface area contributed by atoms with Crippen molar-refractivity contribution in [3.8, 4) is 22.9 Å². The first-order chi connectivity index (χ1) is 14.0. The fraction of sp³-hybridized carbons (Fsp3) is 0.286. The predicted molar refractivity (Wildman–Crippen MR) is 112 cm³/mol. The third kappa shape index (κ3) is 4.07. The Morgan fingerprint density at radius 1 is 1.17 bits per heavy atom. The normalized spacial score (nSPS) is 13.3. The third-order valence-electron chi connectivity index (χ3n) is 4.63. The van der Waals surface area contributed by atoms with Crippen LogP contribution in [0.25, 0.3) is 11.4 Å². The van der Waals surface area contributed by atoms with Gasteiger partial charge in [0.25, 0.3) is 0 Å². The zero-order valence-electron chi connectivity index (χ0n) is 16.5. The Hall–Kier alpha value is -3.00. The smallest absolute Gasteiger partial charge is 0.237 e. The molecule has 2 heterocycles. The van der Waals surface area contributed by atoms with E-state index in [1.165, 1.54) is 17.3 Å². The number of carbonyl (C=O) groups excluding carboxylic acids is 1. The van der Waals surface area contributed by atoms with Crippen molar-refractivity contribution in [3.05, 3.63) is 48.0 Å². The van der Waals surface area contributed by atoms with E-state index in [9.17, 15) is 4.79 Å². The van der Waals surface area contributed by atoms with E-state index in [-0.39, 0.29) is 18.0 Å². The molecule has 8 heteroatoms. The van der Waals surface area contributed by atoms with E-state index in [0.717, 1.165) is 23.1 Å². The maximum absolute atomic E-state index is 12.7. The minimum Gasteiger partial charge on any atom is -0.454 e. The first-order valence-electron chi connectivity index (χ1n) is 9.42. The minimum absolute atomic E-state index is 0.114. The van der Waals surface area contributed by atoms with Crippen LogP contribution in [0, 0.1) is 6.92 Å². The fourth-order valence-electron chi connectivity index (χ4n) is 3.01. The van der Waals surface area contributed by atoms with Gasteiger partial charge in [0.05, 0.1) is 5.25 Å². The van der Waals surface area contributed by atoms with E-state index in [2.05, 4.69) is 34.6 Å². The van der Waals surface area contributed by atoms with Crippen LogP contribution in [-0.4, -0.2) is 32.7 Å². The summed E-state index contributed by atoms with van der Waals surface area (Å²) in [5, 5.41) is 12.0. The van der Waals surface area contributed by atoms with Gasteiger partial charge in [-0.15, -0.1) is 10.2 Å². The summed E-state index contributed by atoms with van der Waals surface area (Å²) < 4.78 is 12.7. The number of thioether (sulfide) groups is 1. The summed E-state index contributed by atoms with van der Waals surface area (Å²) in [7, 11) is 0. The zero-order chi connectivity index (χ0) is 20.4. The van der Waals surface area contributed by atoms with E-state index in [1.54, 1.807) is 18.2 Å². The van der Waals surface area contributed by atoms with Gasteiger partial charge < -0.3 is 19.4 Å². The molecule has 4 rings (SSSR count). The largest absolute Gasteiger partial charge is 0.454 e. The van der Waals surface area contributed by atoms with E-state index < -0.39 is 0 Å². The van der Waals surface area contributed by atoms with Crippen LogP contribution in [0.1, 0.15) is 19.4 Å². The van der Waals surface area contributed by atoms with Crippen molar-refractivity contribution in [3.63, 3.8) is 0 Å². The average Bonchev–Trinajstić information content (AvgIpc) is 3.34. The second kappa shape index (κ2) is 8.16. The molecule has 2 aromatic carbocycles. The number of ether oxygens (including phenoxy) is 2. The highest BCUT2D eigenvalue weighted by molar-refractivity contribution is 8.00. The maximum atomic E-state index is 12.7. The van der Waals surface area contributed by atoms with E-state index >= 15 is 0 Å². The average molecular weight is 410 g/mol. The lowest BCUT2D eigenvalue weighted by Crippen LogP contribution is -2.22. The van der Waals surface area contributed by atoms with Gasteiger partial charge in [0.2, 0.25) is 12.7 Å². The monoisotopic (exact) mass is 410 g/mol. The molecule has 1 N–H and O–H groups in total. The van der Waals surface area contributed by atoms with Gasteiger partial charge in [-0.05, 0) is 32.9 Å². The molecule has 0 spiro atoms. The SMILES string of the molecule is CCn1c(S[C@@H](C)C(=O)Nc2ccc3c(c2)OCO3)nnc1-c1ccc(C)cc1. The van der Waals surface area contributed by atoms with Crippen molar-refractivity contribution in [2.75, 3.05) is 12.1 Å². The van der Waals surface area contributed by atoms with Gasteiger partial charge in [-0.25, -0.2) is 0 Å². The summed E-state index contributed by atoms with van der Waals surface area (Å²) in [6.07, 6.45) is 0. The summed E-state index contributed by atoms with van der Waals surface area (Å²) in [6.45, 7) is 6.87. The number of rotatable bonds is 6. The molecule has 0 fully saturated rings. The fourth-order valence-corrected chi connectivity index (χ4v) is 3.92. The summed E-state index contributed by atoms with van der Waals surface area (Å²) in [5.74, 6) is 2.01. The van der Waals surface area contributed by atoms with Crippen molar-refractivity contribution >= 4 is 23.4 Å². The van der Waals surface area contributed by atoms with Gasteiger partial charge in [-0.3, -0.25) is 4.79 Å². The number of amides is 1. The second-order valence-corrected chi connectivity index (χ2v) is 8.04. The summed E-state index contributed by atoms with van der Waals surface area (Å²) >= 11 is 1.39. The molecule has 0 unspecified atom stereocenters. The quantitative estimate of drug-likeness (QED) is 0.616. The van der Waals surface area contributed by atoms with Gasteiger partial charge >= 0.3 is 0 Å². The minimum atomic E-state index is -0.346. The molecule has 7 nitrogen and oxygen atoms in total. The van der Waals surface area contributed by atoms with Crippen molar-refractivity contribution in [2.45, 2.75) is 37.7 Å². The highest BCUT2D eigenvalue weighted by Crippen LogP contribution is 2.34. The van der Waals surface area contributed by atoms with Crippen LogP contribution in [-0.2, 0) is 11.3 Å². The molecule has 3 aromatic rings. The molecule has 0 saturated carbocycles. The van der Waals surface area contributed by atoms with Crippen LogP contribution in [0.5, 0.6) is 11.5 Å². The number of fused-ring (bicyclic) bond motifs is 1. The topological polar surface area (TPSA) is 78.3 Å². The molecule has 150 valence electrons. The van der Waals surface area contributed by atoms with E-state index in [4.69, 9.17) is 9.47 Å². The highest BCUT2D eigenvalue weighted by atomic mass is 32.2. The number of hydrogen-bond acceptors (Lipinski definition) is 6. The molecule has 0 aliphatic carbocycles. The molecule has 0 bridgehead atoms. The number of anilines is 1. The van der Waals surface area contributed by atoms with Crippen molar-refractivity contribution in [1.82, 2.24) is 14.8 Å². The standard InChI is InChI=1S/C21H22N4O3S/c1-4-25-19(15-7-5-13(2)6-8-15)23-24-21(25)29-14(3)20(26)22-16-9-10-17-18(11-16)28-12-27-17/h5-11,14H,4,12H2,1-3H3,(H,22,26)/t14-/m0/s1. The lowest BCUT2D eigenvalue weighted by molar-refractivity contribution is -0.115. The molecule has 0 saturated heterocycles. The predicted octanol–water partition coefficient (Wildman–Crippen LogP) is 4.12. The van der Waals surface area contributed by atoms with Crippen LogP contribution < -0.4 is 14.8 Å². The van der Waals surface area contributed by atoms with Gasteiger partial charge in [0.1, 0.15) is 0 Å². The van der Waals surface area contributed by atoms with Crippen LogP contribution in [0.15, 0.2) is 47.6 Å². The molecule has 1 amide bonds. The Bertz CT molecular complexity index is 1030. The molecule has 1 aromatic heterocycles. The van der Waals surface area contributed by atoms with Crippen molar-refractivity contribution in [2.24, 2.45) is 0 Å². The number of aromatic nitrogens is 3. The third-order valence-corrected chi connectivity index (χ3v) is 5.71.